The number of benzene rings is 2. The van der Waals surface area contributed by atoms with E-state index in [2.05, 4.69) is 10.3 Å². The molecule has 0 saturated heterocycles. The van der Waals surface area contributed by atoms with Crippen molar-refractivity contribution in [2.45, 2.75) is 13.0 Å². The number of nitrogens with two attached hydrogens (primary N) is 1. The van der Waals surface area contributed by atoms with Crippen LogP contribution >= 0.6 is 11.3 Å². The Bertz CT molecular complexity index is 1220. The van der Waals surface area contributed by atoms with Gasteiger partial charge in [0.25, 0.3) is 0 Å². The van der Waals surface area contributed by atoms with E-state index in [9.17, 15) is 4.79 Å². The molecule has 0 radical (unpaired) electrons. The largest absolute Gasteiger partial charge is 0.481 e. The van der Waals surface area contributed by atoms with Crippen LogP contribution < -0.4 is 15.8 Å². The Labute approximate surface area is 182 Å². The minimum Gasteiger partial charge on any atom is -0.481 e. The zero-order valence-electron chi connectivity index (χ0n) is 16.6. The second kappa shape index (κ2) is 8.88. The predicted octanol–water partition coefficient (Wildman–Crippen LogP) is 4.85. The third kappa shape index (κ3) is 4.84. The fraction of sp³-hybridized carbons (Fsp3) is 0.136. The Morgan fingerprint density at radius 1 is 1.26 bits per heavy atom. The summed E-state index contributed by atoms with van der Waals surface area (Å²) < 4.78 is 17.7. The van der Waals surface area contributed by atoms with Gasteiger partial charge in [0.2, 0.25) is 0 Å². The highest BCUT2D eigenvalue weighted by Crippen LogP contribution is 2.35. The molecule has 8 nitrogen and oxygen atoms in total. The van der Waals surface area contributed by atoms with Crippen LogP contribution in [0.4, 0.5) is 10.8 Å². The van der Waals surface area contributed by atoms with Gasteiger partial charge in [0.15, 0.2) is 6.10 Å². The Morgan fingerprint density at radius 2 is 2.06 bits per heavy atom. The first-order chi connectivity index (χ1) is 15.0. The number of nitrogens with zero attached hydrogens (tertiary/aromatic N) is 1. The van der Waals surface area contributed by atoms with Gasteiger partial charge in [0, 0.05) is 10.1 Å². The number of ether oxygens (including phenoxy) is 2. The van der Waals surface area contributed by atoms with Crippen molar-refractivity contribution in [3.05, 3.63) is 77.0 Å². The molecule has 9 heteroatoms. The number of hydrogen-bond donors (Lipinski definition) is 3. The van der Waals surface area contributed by atoms with Gasteiger partial charge in [-0.3, -0.25) is 5.41 Å². The van der Waals surface area contributed by atoms with Crippen molar-refractivity contribution in [3.63, 3.8) is 0 Å². The van der Waals surface area contributed by atoms with Gasteiger partial charge in [-0.05, 0) is 30.7 Å². The smallest absolute Gasteiger partial charge is 0.415 e. The van der Waals surface area contributed by atoms with Gasteiger partial charge < -0.3 is 19.6 Å². The van der Waals surface area contributed by atoms with Crippen LogP contribution in [0.5, 0.6) is 5.75 Å². The number of carbonyl (C=O) groups excluding carboxylic acids is 1. The van der Waals surface area contributed by atoms with Gasteiger partial charge >= 0.3 is 12.1 Å². The van der Waals surface area contributed by atoms with E-state index in [0.29, 0.717) is 16.3 Å². The highest BCUT2D eigenvalue weighted by molar-refractivity contribution is 7.20. The van der Waals surface area contributed by atoms with Crippen LogP contribution in [0.2, 0.25) is 0 Å². The standard InChI is InChI=1S/C22H20N4O4S/c1-13-11-28-21(25-13)26-22(27)29-12-17(14-6-3-2-4-7-14)30-16-8-5-9-18-15(16)10-19(31-18)20(23)24/h2-11,17H,12H2,1H3,(H3,23,24)(H,25,26,27). The number of fused-ring (bicyclic) bond motifs is 1. The molecule has 31 heavy (non-hydrogen) atoms. The van der Waals surface area contributed by atoms with Gasteiger partial charge in [-0.25, -0.2) is 10.1 Å². The molecule has 0 aliphatic carbocycles. The summed E-state index contributed by atoms with van der Waals surface area (Å²) in [5.41, 5.74) is 7.14. The molecule has 158 valence electrons. The fourth-order valence-electron chi connectivity index (χ4n) is 2.98. The van der Waals surface area contributed by atoms with Crippen LogP contribution in [0.1, 0.15) is 22.2 Å². The Hall–Kier alpha value is -3.85. The number of hydrogen-bond acceptors (Lipinski definition) is 7. The molecule has 0 bridgehead atoms. The van der Waals surface area contributed by atoms with E-state index in [1.165, 1.54) is 17.6 Å². The molecule has 0 spiro atoms. The first-order valence-electron chi connectivity index (χ1n) is 9.44. The molecule has 1 atom stereocenters. The van der Waals surface area contributed by atoms with Gasteiger partial charge in [0.1, 0.15) is 24.5 Å². The number of aromatic nitrogens is 1. The van der Waals surface area contributed by atoms with E-state index in [1.807, 2.05) is 54.6 Å². The number of aryl methyl sites for hydroxylation is 1. The van der Waals surface area contributed by atoms with Crippen LogP contribution in [0.25, 0.3) is 10.1 Å². The minimum absolute atomic E-state index is 0.00790. The maximum Gasteiger partial charge on any atom is 0.415 e. The van der Waals surface area contributed by atoms with Gasteiger partial charge in [0.05, 0.1) is 10.6 Å². The molecular formula is C22H20N4O4S. The summed E-state index contributed by atoms with van der Waals surface area (Å²) in [5.74, 6) is 0.621. The fourth-order valence-corrected chi connectivity index (χ4v) is 3.91. The van der Waals surface area contributed by atoms with Crippen molar-refractivity contribution in [3.8, 4) is 5.75 Å². The Balaban J connectivity index is 1.54. The normalized spacial score (nSPS) is 11.8. The third-order valence-electron chi connectivity index (χ3n) is 4.42. The molecule has 1 amide bonds. The molecule has 4 aromatic rings. The Kier molecular flexibility index (Phi) is 5.85. The van der Waals surface area contributed by atoms with Crippen molar-refractivity contribution >= 4 is 39.4 Å². The molecule has 0 aliphatic rings. The minimum atomic E-state index is -0.695. The van der Waals surface area contributed by atoms with Crippen LogP contribution in [-0.4, -0.2) is 23.5 Å². The summed E-state index contributed by atoms with van der Waals surface area (Å²) in [4.78, 5) is 16.9. The lowest BCUT2D eigenvalue weighted by molar-refractivity contribution is 0.0906. The van der Waals surface area contributed by atoms with Crippen molar-refractivity contribution in [1.29, 1.82) is 5.41 Å². The molecule has 1 unspecified atom stereocenters. The molecule has 0 fully saturated rings. The van der Waals surface area contributed by atoms with Crippen LogP contribution in [0.3, 0.4) is 0 Å². The summed E-state index contributed by atoms with van der Waals surface area (Å²) in [7, 11) is 0. The summed E-state index contributed by atoms with van der Waals surface area (Å²) in [5, 5.41) is 11.0. The molecule has 2 heterocycles. The van der Waals surface area contributed by atoms with E-state index in [0.717, 1.165) is 15.6 Å². The van der Waals surface area contributed by atoms with Gasteiger partial charge in [-0.15, -0.1) is 11.3 Å². The average molecular weight is 436 g/mol. The van der Waals surface area contributed by atoms with E-state index in [4.69, 9.17) is 25.0 Å². The van der Waals surface area contributed by atoms with Crippen LogP contribution in [0, 0.1) is 12.3 Å². The number of rotatable bonds is 7. The lowest BCUT2D eigenvalue weighted by Gasteiger charge is -2.20. The molecule has 4 rings (SSSR count). The SMILES string of the molecule is Cc1coc(NC(=O)OCC(Oc2cccc3sc(C(=N)N)cc23)c2ccccc2)n1. The summed E-state index contributed by atoms with van der Waals surface area (Å²) in [6.07, 6.45) is 0.186. The predicted molar refractivity (Wildman–Crippen MR) is 119 cm³/mol. The van der Waals surface area contributed by atoms with Crippen LogP contribution in [0.15, 0.2) is 65.3 Å². The summed E-state index contributed by atoms with van der Waals surface area (Å²) >= 11 is 1.42. The number of thiophene rings is 1. The molecule has 2 aromatic heterocycles. The molecule has 0 aliphatic heterocycles. The molecule has 4 N–H and O–H groups in total. The van der Waals surface area contributed by atoms with Crippen molar-refractivity contribution < 1.29 is 18.7 Å². The quantitative estimate of drug-likeness (QED) is 0.281. The third-order valence-corrected chi connectivity index (χ3v) is 5.55. The number of amidine groups is 1. The number of amides is 1. The second-order valence-electron chi connectivity index (χ2n) is 6.73. The van der Waals surface area contributed by atoms with Gasteiger partial charge in [-0.2, -0.15) is 4.98 Å². The number of carbonyl (C=O) groups is 1. The first kappa shape index (κ1) is 20.4. The van der Waals surface area contributed by atoms with E-state index in [-0.39, 0.29) is 18.5 Å². The number of nitrogens with one attached hydrogen (secondary N) is 2. The van der Waals surface area contributed by atoms with Crippen molar-refractivity contribution in [2.75, 3.05) is 11.9 Å². The zero-order valence-corrected chi connectivity index (χ0v) is 17.4. The maximum absolute atomic E-state index is 12.2. The number of nitrogen functional groups attached to an aromatic ring is 1. The van der Waals surface area contributed by atoms with Crippen molar-refractivity contribution in [1.82, 2.24) is 4.98 Å². The van der Waals surface area contributed by atoms with Crippen LogP contribution in [-0.2, 0) is 4.74 Å². The van der Waals surface area contributed by atoms with E-state index >= 15 is 0 Å². The second-order valence-corrected chi connectivity index (χ2v) is 7.81. The lowest BCUT2D eigenvalue weighted by Crippen LogP contribution is -2.21. The monoisotopic (exact) mass is 436 g/mol. The number of oxazole rings is 1. The molecular weight excluding hydrogens is 416 g/mol. The summed E-state index contributed by atoms with van der Waals surface area (Å²) in [6.45, 7) is 1.72. The number of anilines is 1. The summed E-state index contributed by atoms with van der Waals surface area (Å²) in [6, 6.07) is 17.0. The molecule has 2 aromatic carbocycles. The maximum atomic E-state index is 12.2. The van der Waals surface area contributed by atoms with Gasteiger partial charge in [-0.1, -0.05) is 36.4 Å². The lowest BCUT2D eigenvalue weighted by atomic mass is 10.1. The van der Waals surface area contributed by atoms with Crippen molar-refractivity contribution in [2.24, 2.45) is 5.73 Å². The Morgan fingerprint density at radius 3 is 2.77 bits per heavy atom. The van der Waals surface area contributed by atoms with E-state index in [1.54, 1.807) is 6.92 Å². The zero-order chi connectivity index (χ0) is 21.8. The van der Waals surface area contributed by atoms with E-state index < -0.39 is 12.2 Å². The average Bonchev–Trinajstić information content (AvgIpc) is 3.38. The topological polar surface area (TPSA) is 123 Å². The highest BCUT2D eigenvalue weighted by Gasteiger charge is 2.19. The first-order valence-corrected chi connectivity index (χ1v) is 10.3. The highest BCUT2D eigenvalue weighted by atomic mass is 32.1. The molecule has 0 saturated carbocycles.